The highest BCUT2D eigenvalue weighted by atomic mass is 35.5. The summed E-state index contributed by atoms with van der Waals surface area (Å²) < 4.78 is 0. The normalized spacial score (nSPS) is 9.57. The van der Waals surface area contributed by atoms with Crippen LogP contribution in [0.15, 0.2) is 24.3 Å². The average molecular weight is 230 g/mol. The van der Waals surface area contributed by atoms with Gasteiger partial charge in [0.25, 0.3) is 5.91 Å². The molecule has 0 aromatic heterocycles. The Balaban J connectivity index is 2.90. The van der Waals surface area contributed by atoms with Crippen molar-refractivity contribution in [2.24, 2.45) is 11.6 Å². The van der Waals surface area contributed by atoms with E-state index in [1.807, 2.05) is 0 Å². The van der Waals surface area contributed by atoms with Crippen molar-refractivity contribution in [2.45, 2.75) is 0 Å². The number of benzene rings is 1. The fourth-order valence-electron chi connectivity index (χ4n) is 0.832. The minimum Gasteiger partial charge on any atom is -0.375 e. The fourth-order valence-corrected chi connectivity index (χ4v) is 1.04. The van der Waals surface area contributed by atoms with Crippen LogP contribution < -0.4 is 11.6 Å². The smallest absolute Gasteiger partial charge is 0.274 e. The Bertz CT molecular complexity index is 365. The zero-order chi connectivity index (χ0) is 10.7. The minimum absolute atomic E-state index is 0.176. The van der Waals surface area contributed by atoms with E-state index in [1.165, 1.54) is 0 Å². The SMILES string of the molecule is NC(=S)N(N)C(=O)c1ccc(Cl)cc1. The van der Waals surface area contributed by atoms with Gasteiger partial charge < -0.3 is 5.73 Å². The van der Waals surface area contributed by atoms with Crippen LogP contribution in [0.4, 0.5) is 0 Å². The van der Waals surface area contributed by atoms with Gasteiger partial charge >= 0.3 is 0 Å². The van der Waals surface area contributed by atoms with Crippen LogP contribution in [0.25, 0.3) is 0 Å². The maximum Gasteiger partial charge on any atom is 0.274 e. The Labute approximate surface area is 91.4 Å². The molecule has 0 radical (unpaired) electrons. The number of nitrogens with zero attached hydrogens (tertiary/aromatic N) is 1. The number of thiocarbonyl (C=S) groups is 1. The maximum atomic E-state index is 11.5. The molecule has 0 aliphatic heterocycles. The number of hydrogen-bond donors (Lipinski definition) is 2. The van der Waals surface area contributed by atoms with Gasteiger partial charge in [0.1, 0.15) is 0 Å². The fraction of sp³-hybridized carbons (Fsp3) is 0. The van der Waals surface area contributed by atoms with Crippen molar-refractivity contribution in [3.63, 3.8) is 0 Å². The molecule has 0 atom stereocenters. The van der Waals surface area contributed by atoms with Crippen molar-refractivity contribution in [3.8, 4) is 0 Å². The quantitative estimate of drug-likeness (QED) is 0.325. The third kappa shape index (κ3) is 2.41. The first-order valence-electron chi connectivity index (χ1n) is 3.66. The van der Waals surface area contributed by atoms with Gasteiger partial charge in [0.2, 0.25) is 0 Å². The van der Waals surface area contributed by atoms with Crippen LogP contribution in [-0.2, 0) is 0 Å². The number of hydrogen-bond acceptors (Lipinski definition) is 3. The van der Waals surface area contributed by atoms with E-state index in [9.17, 15) is 4.79 Å². The van der Waals surface area contributed by atoms with Crippen LogP contribution in [0, 0.1) is 0 Å². The molecule has 4 nitrogen and oxygen atoms in total. The molecule has 0 heterocycles. The number of amides is 1. The summed E-state index contributed by atoms with van der Waals surface area (Å²) >= 11 is 10.2. The van der Waals surface area contributed by atoms with E-state index in [1.54, 1.807) is 24.3 Å². The minimum atomic E-state index is -0.464. The molecule has 1 aromatic carbocycles. The first kappa shape index (κ1) is 10.9. The highest BCUT2D eigenvalue weighted by molar-refractivity contribution is 7.80. The first-order valence-corrected chi connectivity index (χ1v) is 4.45. The summed E-state index contributed by atoms with van der Waals surface area (Å²) in [6, 6.07) is 6.26. The molecular weight excluding hydrogens is 222 g/mol. The third-order valence-electron chi connectivity index (χ3n) is 1.55. The van der Waals surface area contributed by atoms with Gasteiger partial charge in [-0.1, -0.05) is 11.6 Å². The molecule has 0 unspecified atom stereocenters. The van der Waals surface area contributed by atoms with Gasteiger partial charge in [-0.05, 0) is 36.5 Å². The van der Waals surface area contributed by atoms with E-state index < -0.39 is 5.91 Å². The van der Waals surface area contributed by atoms with Crippen LogP contribution in [0.3, 0.4) is 0 Å². The number of hydrazine groups is 1. The third-order valence-corrected chi connectivity index (χ3v) is 2.00. The zero-order valence-electron chi connectivity index (χ0n) is 7.11. The molecule has 74 valence electrons. The summed E-state index contributed by atoms with van der Waals surface area (Å²) in [5.41, 5.74) is 5.57. The van der Waals surface area contributed by atoms with Gasteiger partial charge in [-0.15, -0.1) is 0 Å². The van der Waals surface area contributed by atoms with Crippen molar-refractivity contribution in [2.75, 3.05) is 0 Å². The molecule has 6 heteroatoms. The van der Waals surface area contributed by atoms with Crippen LogP contribution in [0.5, 0.6) is 0 Å². The Morgan fingerprint density at radius 2 is 1.86 bits per heavy atom. The zero-order valence-corrected chi connectivity index (χ0v) is 8.68. The second kappa shape index (κ2) is 4.36. The van der Waals surface area contributed by atoms with Crippen molar-refractivity contribution < 1.29 is 4.79 Å². The second-order valence-electron chi connectivity index (χ2n) is 2.52. The molecular formula is C8H8ClN3OS. The molecule has 0 saturated heterocycles. The van der Waals surface area contributed by atoms with E-state index in [-0.39, 0.29) is 5.11 Å². The molecule has 0 fully saturated rings. The van der Waals surface area contributed by atoms with Crippen molar-refractivity contribution >= 4 is 34.8 Å². The lowest BCUT2D eigenvalue weighted by Crippen LogP contribution is -2.45. The predicted octanol–water partition coefficient (Wildman–Crippen LogP) is 0.900. The number of rotatable bonds is 1. The van der Waals surface area contributed by atoms with Crippen molar-refractivity contribution in [1.82, 2.24) is 5.01 Å². The Hall–Kier alpha value is -1.17. The summed E-state index contributed by atoms with van der Waals surface area (Å²) in [5, 5.41) is 1.07. The standard InChI is InChI=1S/C8H8ClN3OS/c9-6-3-1-5(2-4-6)7(13)12(11)8(10)14/h1-4H,11H2,(H2,10,14). The van der Waals surface area contributed by atoms with E-state index in [4.69, 9.17) is 23.2 Å². The summed E-state index contributed by atoms with van der Waals surface area (Å²) in [6.07, 6.45) is 0. The number of carbonyl (C=O) groups excluding carboxylic acids is 1. The van der Waals surface area contributed by atoms with Crippen LogP contribution in [0.2, 0.25) is 5.02 Å². The molecule has 0 spiro atoms. The monoisotopic (exact) mass is 229 g/mol. The molecule has 0 bridgehead atoms. The van der Waals surface area contributed by atoms with Gasteiger partial charge in [-0.3, -0.25) is 4.79 Å². The van der Waals surface area contributed by atoms with E-state index in [0.717, 1.165) is 0 Å². The van der Waals surface area contributed by atoms with Gasteiger partial charge in [0, 0.05) is 10.6 Å². The summed E-state index contributed by atoms with van der Waals surface area (Å²) in [5.74, 6) is 4.85. The molecule has 0 aliphatic rings. The molecule has 1 aromatic rings. The van der Waals surface area contributed by atoms with Gasteiger partial charge in [0.15, 0.2) is 5.11 Å². The molecule has 4 N–H and O–H groups in total. The van der Waals surface area contributed by atoms with E-state index >= 15 is 0 Å². The van der Waals surface area contributed by atoms with Gasteiger partial charge in [-0.2, -0.15) is 0 Å². The highest BCUT2D eigenvalue weighted by Crippen LogP contribution is 2.10. The Morgan fingerprint density at radius 3 is 2.29 bits per heavy atom. The van der Waals surface area contributed by atoms with E-state index in [2.05, 4.69) is 12.2 Å². The van der Waals surface area contributed by atoms with Gasteiger partial charge in [-0.25, -0.2) is 10.9 Å². The molecule has 14 heavy (non-hydrogen) atoms. The van der Waals surface area contributed by atoms with Crippen LogP contribution >= 0.6 is 23.8 Å². The first-order chi connectivity index (χ1) is 6.52. The summed E-state index contributed by atoms with van der Waals surface area (Å²) in [6.45, 7) is 0. The summed E-state index contributed by atoms with van der Waals surface area (Å²) in [7, 11) is 0. The molecule has 1 amide bonds. The molecule has 0 saturated carbocycles. The van der Waals surface area contributed by atoms with E-state index in [0.29, 0.717) is 15.6 Å². The Kier molecular flexibility index (Phi) is 3.40. The molecule has 1 rings (SSSR count). The average Bonchev–Trinajstić information content (AvgIpc) is 2.16. The molecule has 0 aliphatic carbocycles. The van der Waals surface area contributed by atoms with Crippen molar-refractivity contribution in [1.29, 1.82) is 0 Å². The van der Waals surface area contributed by atoms with Crippen molar-refractivity contribution in [3.05, 3.63) is 34.9 Å². The summed E-state index contributed by atoms with van der Waals surface area (Å²) in [4.78, 5) is 11.5. The number of halogens is 1. The predicted molar refractivity (Wildman–Crippen MR) is 58.6 cm³/mol. The van der Waals surface area contributed by atoms with Crippen LogP contribution in [-0.4, -0.2) is 16.0 Å². The Morgan fingerprint density at radius 1 is 1.36 bits per heavy atom. The lowest BCUT2D eigenvalue weighted by atomic mass is 10.2. The second-order valence-corrected chi connectivity index (χ2v) is 3.37. The largest absolute Gasteiger partial charge is 0.375 e. The lowest BCUT2D eigenvalue weighted by Gasteiger charge is -2.13. The van der Waals surface area contributed by atoms with Gasteiger partial charge in [0.05, 0.1) is 0 Å². The number of nitrogens with two attached hydrogens (primary N) is 2. The van der Waals surface area contributed by atoms with Crippen LogP contribution in [0.1, 0.15) is 10.4 Å². The highest BCUT2D eigenvalue weighted by Gasteiger charge is 2.13. The lowest BCUT2D eigenvalue weighted by molar-refractivity contribution is 0.0848. The topological polar surface area (TPSA) is 72.3 Å². The number of carbonyl (C=O) groups is 1. The maximum absolute atomic E-state index is 11.5.